The average molecular weight is 408 g/mol. The number of primary sulfonamides is 1. The molecule has 2 aromatic rings. The summed E-state index contributed by atoms with van der Waals surface area (Å²) in [5, 5.41) is 7.86. The molecule has 1 aromatic heterocycles. The summed E-state index contributed by atoms with van der Waals surface area (Å²) in [6.45, 7) is 2.60. The minimum absolute atomic E-state index is 0.0597. The highest BCUT2D eigenvalue weighted by molar-refractivity contribution is 7.91. The molecular weight excluding hydrogens is 386 g/mol. The molecule has 1 aromatic carbocycles. The van der Waals surface area contributed by atoms with Crippen molar-refractivity contribution in [3.05, 3.63) is 46.8 Å². The number of amides is 2. The number of sulfonamides is 1. The summed E-state index contributed by atoms with van der Waals surface area (Å²) >= 11 is 1.02. The van der Waals surface area contributed by atoms with Crippen molar-refractivity contribution in [2.45, 2.75) is 30.5 Å². The Hall–Kier alpha value is -2.23. The van der Waals surface area contributed by atoms with Crippen molar-refractivity contribution in [3.8, 4) is 0 Å². The lowest BCUT2D eigenvalue weighted by Gasteiger charge is -2.17. The normalized spacial score (nSPS) is 17.3. The van der Waals surface area contributed by atoms with Crippen molar-refractivity contribution in [2.75, 3.05) is 11.4 Å². The number of hydrogen-bond donors (Lipinski definition) is 2. The molecular formula is C18H21N3O4S2. The first-order valence-corrected chi connectivity index (χ1v) is 10.9. The molecule has 2 heterocycles. The fraction of sp³-hybridized carbons (Fsp3) is 0.333. The molecule has 0 aliphatic carbocycles. The van der Waals surface area contributed by atoms with Gasteiger partial charge in [-0.2, -0.15) is 0 Å². The smallest absolute Gasteiger partial charge is 0.247 e. The van der Waals surface area contributed by atoms with Crippen LogP contribution in [-0.2, 0) is 32.6 Å². The quantitative estimate of drug-likeness (QED) is 0.758. The van der Waals surface area contributed by atoms with Gasteiger partial charge in [-0.25, -0.2) is 13.6 Å². The minimum Gasteiger partial charge on any atom is -0.351 e. The molecule has 0 spiro atoms. The van der Waals surface area contributed by atoms with E-state index < -0.39 is 15.9 Å². The summed E-state index contributed by atoms with van der Waals surface area (Å²) < 4.78 is 22.7. The molecule has 0 radical (unpaired) electrons. The van der Waals surface area contributed by atoms with Gasteiger partial charge in [0.25, 0.3) is 0 Å². The Labute approximate surface area is 162 Å². The summed E-state index contributed by atoms with van der Waals surface area (Å²) in [4.78, 5) is 27.0. The summed E-state index contributed by atoms with van der Waals surface area (Å²) in [6.07, 6.45) is 1.09. The summed E-state index contributed by atoms with van der Waals surface area (Å²) in [5.41, 5.74) is 1.98. The van der Waals surface area contributed by atoms with Crippen LogP contribution in [0.5, 0.6) is 0 Å². The van der Waals surface area contributed by atoms with Crippen LogP contribution in [0.25, 0.3) is 0 Å². The third kappa shape index (κ3) is 4.55. The molecule has 1 atom stereocenters. The van der Waals surface area contributed by atoms with E-state index >= 15 is 0 Å². The van der Waals surface area contributed by atoms with E-state index in [0.29, 0.717) is 11.4 Å². The Kier molecular flexibility index (Phi) is 5.64. The lowest BCUT2D eigenvalue weighted by Crippen LogP contribution is -2.32. The molecule has 3 rings (SSSR count). The lowest BCUT2D eigenvalue weighted by molar-refractivity contribution is -0.126. The van der Waals surface area contributed by atoms with Crippen molar-refractivity contribution in [3.63, 3.8) is 0 Å². The summed E-state index contributed by atoms with van der Waals surface area (Å²) in [7, 11) is -3.73. The maximum Gasteiger partial charge on any atom is 0.247 e. The van der Waals surface area contributed by atoms with Crippen molar-refractivity contribution in [1.29, 1.82) is 0 Å². The average Bonchev–Trinajstić information content (AvgIpc) is 3.26. The van der Waals surface area contributed by atoms with Crippen LogP contribution in [0.15, 0.2) is 40.6 Å². The van der Waals surface area contributed by atoms with Gasteiger partial charge >= 0.3 is 0 Å². The summed E-state index contributed by atoms with van der Waals surface area (Å²) in [6, 6.07) is 10.8. The highest BCUT2D eigenvalue weighted by atomic mass is 32.2. The third-order valence-electron chi connectivity index (χ3n) is 4.51. The highest BCUT2D eigenvalue weighted by Crippen LogP contribution is 2.26. The minimum atomic E-state index is -3.73. The van der Waals surface area contributed by atoms with Gasteiger partial charge in [0.05, 0.1) is 12.5 Å². The summed E-state index contributed by atoms with van der Waals surface area (Å²) in [5.74, 6) is -0.727. The van der Waals surface area contributed by atoms with Gasteiger partial charge in [-0.3, -0.25) is 9.59 Å². The molecule has 1 aliphatic rings. The fourth-order valence-corrected chi connectivity index (χ4v) is 4.69. The second kappa shape index (κ2) is 7.79. The number of nitrogens with zero attached hydrogens (tertiary/aromatic N) is 1. The number of nitrogens with one attached hydrogen (secondary N) is 1. The maximum atomic E-state index is 12.4. The van der Waals surface area contributed by atoms with Crippen LogP contribution < -0.4 is 15.4 Å². The molecule has 1 fully saturated rings. The predicted molar refractivity (Wildman–Crippen MR) is 104 cm³/mol. The zero-order valence-electron chi connectivity index (χ0n) is 14.8. The van der Waals surface area contributed by atoms with Gasteiger partial charge in [0.1, 0.15) is 4.21 Å². The van der Waals surface area contributed by atoms with E-state index in [1.807, 2.05) is 24.3 Å². The Morgan fingerprint density at radius 1 is 1.26 bits per heavy atom. The van der Waals surface area contributed by atoms with Gasteiger partial charge < -0.3 is 10.2 Å². The number of carbonyl (C=O) groups excluding carboxylic acids is 2. The van der Waals surface area contributed by atoms with Gasteiger partial charge in [-0.1, -0.05) is 19.1 Å². The van der Waals surface area contributed by atoms with Gasteiger partial charge in [0, 0.05) is 23.5 Å². The highest BCUT2D eigenvalue weighted by Gasteiger charge is 2.35. The van der Waals surface area contributed by atoms with Crippen molar-refractivity contribution < 1.29 is 18.0 Å². The Balaban J connectivity index is 1.59. The first-order chi connectivity index (χ1) is 12.8. The van der Waals surface area contributed by atoms with Crippen LogP contribution in [0, 0.1) is 5.92 Å². The SMILES string of the molecule is CCc1ccc(N2C[C@H](C(=O)NCc3ccc(S(N)(=O)=O)s3)CC2=O)cc1. The molecule has 0 unspecified atom stereocenters. The molecule has 2 amide bonds. The largest absolute Gasteiger partial charge is 0.351 e. The monoisotopic (exact) mass is 407 g/mol. The first kappa shape index (κ1) is 19.5. The Bertz CT molecular complexity index is 951. The molecule has 1 saturated heterocycles. The van der Waals surface area contributed by atoms with E-state index in [9.17, 15) is 18.0 Å². The van der Waals surface area contributed by atoms with E-state index in [1.54, 1.807) is 11.0 Å². The second-order valence-corrected chi connectivity index (χ2v) is 9.37. The van der Waals surface area contributed by atoms with Crippen molar-refractivity contribution >= 4 is 38.9 Å². The Morgan fingerprint density at radius 2 is 1.96 bits per heavy atom. The van der Waals surface area contributed by atoms with Crippen molar-refractivity contribution in [2.24, 2.45) is 11.1 Å². The topological polar surface area (TPSA) is 110 Å². The number of anilines is 1. The van der Waals surface area contributed by atoms with Crippen LogP contribution >= 0.6 is 11.3 Å². The third-order valence-corrected chi connectivity index (χ3v) is 7.03. The molecule has 7 nitrogen and oxygen atoms in total. The maximum absolute atomic E-state index is 12.4. The van der Waals surface area contributed by atoms with Crippen LogP contribution in [0.3, 0.4) is 0 Å². The number of aryl methyl sites for hydroxylation is 1. The zero-order valence-corrected chi connectivity index (χ0v) is 16.5. The number of thiophene rings is 1. The van der Waals surface area contributed by atoms with Crippen LogP contribution in [0.2, 0.25) is 0 Å². The van der Waals surface area contributed by atoms with E-state index in [4.69, 9.17) is 5.14 Å². The van der Waals surface area contributed by atoms with Crippen LogP contribution in [0.1, 0.15) is 23.8 Å². The number of nitrogens with two attached hydrogens (primary N) is 1. The standard InChI is InChI=1S/C18H21N3O4S2/c1-2-12-3-5-14(6-4-12)21-11-13(9-16(21)22)18(23)20-10-15-7-8-17(26-15)27(19,24)25/h3-8,13H,2,9-11H2,1H3,(H,20,23)(H2,19,24,25)/t13-/m1/s1. The second-order valence-electron chi connectivity index (χ2n) is 6.41. The van der Waals surface area contributed by atoms with E-state index in [2.05, 4.69) is 12.2 Å². The molecule has 3 N–H and O–H groups in total. The predicted octanol–water partition coefficient (Wildman–Crippen LogP) is 1.63. The molecule has 0 bridgehead atoms. The zero-order chi connectivity index (χ0) is 19.6. The molecule has 144 valence electrons. The van der Waals surface area contributed by atoms with Gasteiger partial charge in [0.2, 0.25) is 21.8 Å². The van der Waals surface area contributed by atoms with Crippen LogP contribution in [-0.4, -0.2) is 26.8 Å². The molecule has 0 saturated carbocycles. The number of rotatable bonds is 6. The van der Waals surface area contributed by atoms with Gasteiger partial charge in [0.15, 0.2) is 0 Å². The van der Waals surface area contributed by atoms with Crippen LogP contribution in [0.4, 0.5) is 5.69 Å². The van der Waals surface area contributed by atoms with Gasteiger partial charge in [-0.15, -0.1) is 11.3 Å². The number of benzene rings is 1. The Morgan fingerprint density at radius 3 is 2.56 bits per heavy atom. The lowest BCUT2D eigenvalue weighted by atomic mass is 10.1. The van der Waals surface area contributed by atoms with Gasteiger partial charge in [-0.05, 0) is 36.2 Å². The van der Waals surface area contributed by atoms with E-state index in [-0.39, 0.29) is 29.0 Å². The molecule has 27 heavy (non-hydrogen) atoms. The number of carbonyl (C=O) groups is 2. The van der Waals surface area contributed by atoms with E-state index in [0.717, 1.165) is 23.4 Å². The molecule has 9 heteroatoms. The fourth-order valence-electron chi connectivity index (χ4n) is 2.97. The van der Waals surface area contributed by atoms with E-state index in [1.165, 1.54) is 11.6 Å². The first-order valence-electron chi connectivity index (χ1n) is 8.56. The molecule has 1 aliphatic heterocycles. The van der Waals surface area contributed by atoms with Crippen molar-refractivity contribution in [1.82, 2.24) is 5.32 Å². The number of hydrogen-bond acceptors (Lipinski definition) is 5.